The fourth-order valence-electron chi connectivity index (χ4n) is 3.35. The average molecular weight is 495 g/mol. The Bertz CT molecular complexity index is 1400. The van der Waals surface area contributed by atoms with Crippen LogP contribution in [0.3, 0.4) is 0 Å². The number of nitrogens with one attached hydrogen (secondary N) is 1. The third-order valence-electron chi connectivity index (χ3n) is 4.92. The molecule has 4 rings (SSSR count). The number of anilines is 1. The van der Waals surface area contributed by atoms with E-state index in [1.807, 2.05) is 59.2 Å². The first-order valence-corrected chi connectivity index (χ1v) is 12.7. The number of imidazole rings is 1. The van der Waals surface area contributed by atoms with Gasteiger partial charge < -0.3 is 10.1 Å². The molecule has 0 saturated heterocycles. The lowest BCUT2D eigenvalue weighted by molar-refractivity contribution is -0.113. The number of carbonyl (C=O) groups is 1. The Hall–Kier alpha value is -3.60. The van der Waals surface area contributed by atoms with Gasteiger partial charge in [-0.1, -0.05) is 54.2 Å². The highest BCUT2D eigenvalue weighted by atomic mass is 32.2. The van der Waals surface area contributed by atoms with Crippen LogP contribution in [0.25, 0.3) is 16.9 Å². The third kappa shape index (κ3) is 5.30. The number of para-hydroxylation sites is 2. The summed E-state index contributed by atoms with van der Waals surface area (Å²) in [6, 6.07) is 23.1. The highest BCUT2D eigenvalue weighted by molar-refractivity contribution is 7.99. The summed E-state index contributed by atoms with van der Waals surface area (Å²) in [5, 5.41) is 8.49. The van der Waals surface area contributed by atoms with Gasteiger partial charge >= 0.3 is 0 Å². The largest absolute Gasteiger partial charge is 0.495 e. The number of nitrogens with two attached hydrogens (primary N) is 1. The summed E-state index contributed by atoms with van der Waals surface area (Å²) in [6.45, 7) is 0. The third-order valence-corrected chi connectivity index (χ3v) is 6.81. The number of ether oxygens (including phenoxy) is 1. The van der Waals surface area contributed by atoms with Gasteiger partial charge in [0.2, 0.25) is 15.9 Å². The number of sulfonamides is 1. The zero-order valence-corrected chi connectivity index (χ0v) is 19.8. The lowest BCUT2D eigenvalue weighted by atomic mass is 10.1. The zero-order chi connectivity index (χ0) is 24.1. The molecule has 3 aromatic carbocycles. The molecule has 8 nitrogen and oxygen atoms in total. The van der Waals surface area contributed by atoms with Crippen LogP contribution < -0.4 is 15.2 Å². The molecule has 0 saturated carbocycles. The van der Waals surface area contributed by atoms with Crippen molar-refractivity contribution in [1.82, 2.24) is 9.55 Å². The second-order valence-corrected chi connectivity index (χ2v) is 9.71. The number of amides is 1. The van der Waals surface area contributed by atoms with E-state index in [2.05, 4.69) is 10.3 Å². The fraction of sp³-hybridized carbons (Fsp3) is 0.0833. The van der Waals surface area contributed by atoms with Crippen molar-refractivity contribution in [2.75, 3.05) is 18.2 Å². The van der Waals surface area contributed by atoms with Gasteiger partial charge in [0.15, 0.2) is 5.16 Å². The normalized spacial score (nSPS) is 11.2. The Balaban J connectivity index is 1.57. The Morgan fingerprint density at radius 3 is 2.38 bits per heavy atom. The van der Waals surface area contributed by atoms with Gasteiger partial charge in [0, 0.05) is 11.3 Å². The molecular formula is C24H22N4O4S2. The number of aromatic nitrogens is 2. The van der Waals surface area contributed by atoms with Gasteiger partial charge in [-0.3, -0.25) is 9.36 Å². The van der Waals surface area contributed by atoms with Crippen LogP contribution in [0.5, 0.6) is 5.75 Å². The highest BCUT2D eigenvalue weighted by Gasteiger charge is 2.18. The molecule has 0 aliphatic rings. The molecular weight excluding hydrogens is 472 g/mol. The molecule has 1 aromatic heterocycles. The lowest BCUT2D eigenvalue weighted by Crippen LogP contribution is -2.15. The molecule has 0 aliphatic heterocycles. The molecule has 34 heavy (non-hydrogen) atoms. The maximum atomic E-state index is 12.6. The topological polar surface area (TPSA) is 116 Å². The van der Waals surface area contributed by atoms with E-state index in [4.69, 9.17) is 9.88 Å². The van der Waals surface area contributed by atoms with Gasteiger partial charge in [0.1, 0.15) is 5.75 Å². The summed E-state index contributed by atoms with van der Waals surface area (Å²) in [7, 11) is -2.18. The Labute approximate surface area is 201 Å². The van der Waals surface area contributed by atoms with Gasteiger partial charge in [-0.25, -0.2) is 18.5 Å². The van der Waals surface area contributed by atoms with Gasteiger partial charge in [-0.2, -0.15) is 0 Å². The number of nitrogens with zero attached hydrogens (tertiary/aromatic N) is 2. The summed E-state index contributed by atoms with van der Waals surface area (Å²) in [5.41, 5.74) is 3.12. The smallest absolute Gasteiger partial charge is 0.238 e. The van der Waals surface area contributed by atoms with Crippen molar-refractivity contribution in [2.45, 2.75) is 10.1 Å². The predicted molar refractivity (Wildman–Crippen MR) is 133 cm³/mol. The summed E-state index contributed by atoms with van der Waals surface area (Å²) >= 11 is 1.28. The van der Waals surface area contributed by atoms with Gasteiger partial charge in [-0.15, -0.1) is 0 Å². The van der Waals surface area contributed by atoms with Crippen molar-refractivity contribution in [3.63, 3.8) is 0 Å². The van der Waals surface area contributed by atoms with Crippen LogP contribution in [0, 0.1) is 0 Å². The van der Waals surface area contributed by atoms with Crippen LogP contribution in [-0.4, -0.2) is 36.7 Å². The number of hydrogen-bond donors (Lipinski definition) is 2. The first-order chi connectivity index (χ1) is 16.4. The van der Waals surface area contributed by atoms with Crippen LogP contribution in [-0.2, 0) is 14.8 Å². The van der Waals surface area contributed by atoms with Crippen LogP contribution in [0.1, 0.15) is 0 Å². The molecule has 1 amide bonds. The number of carbonyl (C=O) groups excluding carboxylic acids is 1. The number of rotatable bonds is 8. The van der Waals surface area contributed by atoms with Crippen molar-refractivity contribution >= 4 is 33.4 Å². The van der Waals surface area contributed by atoms with Gasteiger partial charge in [-0.05, 0) is 36.4 Å². The Morgan fingerprint density at radius 1 is 1.03 bits per heavy atom. The molecule has 0 aliphatic carbocycles. The molecule has 10 heteroatoms. The minimum Gasteiger partial charge on any atom is -0.495 e. The molecule has 0 fully saturated rings. The maximum Gasteiger partial charge on any atom is 0.238 e. The van der Waals surface area contributed by atoms with E-state index in [9.17, 15) is 13.2 Å². The van der Waals surface area contributed by atoms with Gasteiger partial charge in [0.25, 0.3) is 0 Å². The number of benzene rings is 3. The van der Waals surface area contributed by atoms with E-state index in [0.29, 0.717) is 16.6 Å². The molecule has 0 atom stereocenters. The van der Waals surface area contributed by atoms with E-state index in [-0.39, 0.29) is 16.6 Å². The summed E-state index contributed by atoms with van der Waals surface area (Å²) in [6.07, 6.45) is 1.77. The lowest BCUT2D eigenvalue weighted by Gasteiger charge is -2.15. The minimum absolute atomic E-state index is 0.0212. The highest BCUT2D eigenvalue weighted by Crippen LogP contribution is 2.33. The van der Waals surface area contributed by atoms with E-state index >= 15 is 0 Å². The number of methoxy groups -OCH3 is 1. The molecule has 0 radical (unpaired) electrons. The van der Waals surface area contributed by atoms with E-state index < -0.39 is 10.0 Å². The molecule has 0 bridgehead atoms. The van der Waals surface area contributed by atoms with Crippen molar-refractivity contribution in [2.24, 2.45) is 5.14 Å². The second kappa shape index (κ2) is 10.1. The van der Waals surface area contributed by atoms with Crippen molar-refractivity contribution in [3.05, 3.63) is 85.1 Å². The van der Waals surface area contributed by atoms with E-state index in [1.54, 1.807) is 13.3 Å². The molecule has 3 N–H and O–H groups in total. The quantitative estimate of drug-likeness (QED) is 0.359. The average Bonchev–Trinajstić information content (AvgIpc) is 3.27. The first-order valence-electron chi connectivity index (χ1n) is 10.2. The molecule has 4 aromatic rings. The van der Waals surface area contributed by atoms with E-state index in [1.165, 1.54) is 36.0 Å². The summed E-state index contributed by atoms with van der Waals surface area (Å²) in [5.74, 6) is 0.514. The predicted octanol–water partition coefficient (Wildman–Crippen LogP) is 3.93. The Morgan fingerprint density at radius 2 is 1.71 bits per heavy atom. The number of thioether (sulfide) groups is 1. The molecule has 174 valence electrons. The molecule has 0 spiro atoms. The Kier molecular flexibility index (Phi) is 7.01. The zero-order valence-electron chi connectivity index (χ0n) is 18.2. The standard InChI is InChI=1S/C24H22N4O4S2/c1-32-22-10-6-5-9-20(22)28-21(17-7-3-2-4-8-17)15-26-24(28)33-16-23(29)27-18-11-13-19(14-12-18)34(25,30)31/h2-15H,16H2,1H3,(H,27,29)(H2,25,30,31). The fourth-order valence-corrected chi connectivity index (χ4v) is 4.65. The second-order valence-electron chi connectivity index (χ2n) is 7.21. The molecule has 0 unspecified atom stereocenters. The summed E-state index contributed by atoms with van der Waals surface area (Å²) < 4.78 is 30.3. The van der Waals surface area contributed by atoms with Crippen LogP contribution >= 0.6 is 11.8 Å². The number of primary sulfonamides is 1. The number of hydrogen-bond acceptors (Lipinski definition) is 6. The van der Waals surface area contributed by atoms with Crippen LogP contribution in [0.2, 0.25) is 0 Å². The summed E-state index contributed by atoms with van der Waals surface area (Å²) in [4.78, 5) is 17.1. The van der Waals surface area contributed by atoms with Crippen molar-refractivity contribution in [3.8, 4) is 22.7 Å². The SMILES string of the molecule is COc1ccccc1-n1c(-c2ccccc2)cnc1SCC(=O)Nc1ccc(S(N)(=O)=O)cc1. The maximum absolute atomic E-state index is 12.6. The van der Waals surface area contributed by atoms with Crippen LogP contribution in [0.4, 0.5) is 5.69 Å². The van der Waals surface area contributed by atoms with E-state index in [0.717, 1.165) is 16.9 Å². The van der Waals surface area contributed by atoms with Crippen molar-refractivity contribution < 1.29 is 17.9 Å². The molecule has 1 heterocycles. The first kappa shape index (κ1) is 23.6. The van der Waals surface area contributed by atoms with Crippen molar-refractivity contribution in [1.29, 1.82) is 0 Å². The minimum atomic E-state index is -3.79. The van der Waals surface area contributed by atoms with Gasteiger partial charge in [0.05, 0.1) is 35.3 Å². The monoisotopic (exact) mass is 494 g/mol. The van der Waals surface area contributed by atoms with Crippen LogP contribution in [0.15, 0.2) is 95.1 Å².